The second-order valence-electron chi connectivity index (χ2n) is 4.71. The first-order chi connectivity index (χ1) is 9.49. The number of hydrogen-bond donors (Lipinski definition) is 0. The zero-order valence-electron chi connectivity index (χ0n) is 12.3. The molecular weight excluding hydrogens is 258 g/mol. The van der Waals surface area contributed by atoms with Crippen molar-refractivity contribution in [3.05, 3.63) is 28.0 Å². The fourth-order valence-electron chi connectivity index (χ4n) is 2.20. The Morgan fingerprint density at radius 1 is 1.35 bits per heavy atom. The Morgan fingerprint density at radius 3 is 2.60 bits per heavy atom. The third-order valence-corrected chi connectivity index (χ3v) is 3.58. The second-order valence-corrected chi connectivity index (χ2v) is 4.71. The molecular formula is C14H19N3O3. The third-order valence-electron chi connectivity index (χ3n) is 3.58. The number of likely N-dealkylation sites (N-methyl/N-ethyl adjacent to an activating group) is 1. The summed E-state index contributed by atoms with van der Waals surface area (Å²) in [6, 6.07) is 0. The summed E-state index contributed by atoms with van der Waals surface area (Å²) in [6.45, 7) is 8.70. The van der Waals surface area contributed by atoms with Crippen molar-refractivity contribution in [1.29, 1.82) is 0 Å². The molecule has 0 fully saturated rings. The Hall–Kier alpha value is -2.11. The van der Waals surface area contributed by atoms with Crippen LogP contribution >= 0.6 is 0 Å². The predicted octanol–water partition coefficient (Wildman–Crippen LogP) is 1.47. The molecule has 0 atom stereocenters. The molecule has 2 heterocycles. The molecule has 0 aliphatic carbocycles. The molecule has 0 bridgehead atoms. The van der Waals surface area contributed by atoms with Gasteiger partial charge in [0.15, 0.2) is 0 Å². The summed E-state index contributed by atoms with van der Waals surface area (Å²) in [5, 5.41) is 0.456. The number of carbonyl (C=O) groups is 1. The lowest BCUT2D eigenvalue weighted by molar-refractivity contribution is -0.131. The quantitative estimate of drug-likeness (QED) is 0.848. The lowest BCUT2D eigenvalue weighted by Gasteiger charge is -2.18. The number of fused-ring (bicyclic) bond motifs is 1. The van der Waals surface area contributed by atoms with Crippen molar-refractivity contribution in [1.82, 2.24) is 14.5 Å². The molecule has 6 heteroatoms. The zero-order valence-corrected chi connectivity index (χ0v) is 12.3. The van der Waals surface area contributed by atoms with Gasteiger partial charge < -0.3 is 9.32 Å². The standard InChI is InChI=1S/C14H19N3O3/c1-5-16(6-2)11(18)7-17-8-15-13-12(14(17)19)9(3)10(4)20-13/h8H,5-7H2,1-4H3. The van der Waals surface area contributed by atoms with Gasteiger partial charge in [0.25, 0.3) is 5.56 Å². The maximum atomic E-state index is 12.4. The van der Waals surface area contributed by atoms with Gasteiger partial charge in [-0.3, -0.25) is 14.2 Å². The molecule has 0 aliphatic rings. The number of nitrogens with zero attached hydrogens (tertiary/aromatic N) is 3. The molecule has 0 unspecified atom stereocenters. The number of furan rings is 1. The molecule has 0 spiro atoms. The summed E-state index contributed by atoms with van der Waals surface area (Å²) in [4.78, 5) is 30.3. The highest BCUT2D eigenvalue weighted by molar-refractivity contribution is 5.79. The minimum Gasteiger partial charge on any atom is -0.443 e. The van der Waals surface area contributed by atoms with Crippen LogP contribution in [0, 0.1) is 13.8 Å². The lowest BCUT2D eigenvalue weighted by atomic mass is 10.2. The number of aryl methyl sites for hydroxylation is 2. The highest BCUT2D eigenvalue weighted by atomic mass is 16.3. The van der Waals surface area contributed by atoms with E-state index in [1.54, 1.807) is 11.8 Å². The molecule has 6 nitrogen and oxygen atoms in total. The summed E-state index contributed by atoms with van der Waals surface area (Å²) in [5.74, 6) is 0.591. The van der Waals surface area contributed by atoms with Crippen LogP contribution in [-0.2, 0) is 11.3 Å². The topological polar surface area (TPSA) is 68.3 Å². The number of amides is 1. The van der Waals surface area contributed by atoms with E-state index in [4.69, 9.17) is 4.42 Å². The van der Waals surface area contributed by atoms with Crippen LogP contribution in [0.25, 0.3) is 11.1 Å². The van der Waals surface area contributed by atoms with Crippen LogP contribution in [0.3, 0.4) is 0 Å². The van der Waals surface area contributed by atoms with Crippen molar-refractivity contribution in [2.45, 2.75) is 34.2 Å². The van der Waals surface area contributed by atoms with E-state index in [-0.39, 0.29) is 18.0 Å². The molecule has 1 amide bonds. The van der Waals surface area contributed by atoms with Crippen molar-refractivity contribution in [2.24, 2.45) is 0 Å². The van der Waals surface area contributed by atoms with Gasteiger partial charge in [0.1, 0.15) is 24.0 Å². The van der Waals surface area contributed by atoms with Crippen LogP contribution in [-0.4, -0.2) is 33.4 Å². The van der Waals surface area contributed by atoms with Gasteiger partial charge in [0, 0.05) is 18.7 Å². The third kappa shape index (κ3) is 2.33. The van der Waals surface area contributed by atoms with Crippen molar-refractivity contribution in [3.8, 4) is 0 Å². The SMILES string of the molecule is CCN(CC)C(=O)Cn1cnc2oc(C)c(C)c2c1=O. The van der Waals surface area contributed by atoms with E-state index in [0.29, 0.717) is 29.9 Å². The zero-order chi connectivity index (χ0) is 14.9. The Kier molecular flexibility index (Phi) is 3.92. The maximum Gasteiger partial charge on any atom is 0.265 e. The average Bonchev–Trinajstić information content (AvgIpc) is 2.71. The lowest BCUT2D eigenvalue weighted by Crippen LogP contribution is -2.36. The van der Waals surface area contributed by atoms with Crippen molar-refractivity contribution >= 4 is 17.0 Å². The molecule has 0 aliphatic heterocycles. The van der Waals surface area contributed by atoms with E-state index in [1.165, 1.54) is 10.9 Å². The number of hydrogen-bond acceptors (Lipinski definition) is 4. The van der Waals surface area contributed by atoms with Gasteiger partial charge in [-0.1, -0.05) is 0 Å². The van der Waals surface area contributed by atoms with Crippen molar-refractivity contribution < 1.29 is 9.21 Å². The van der Waals surface area contributed by atoms with Crippen LogP contribution < -0.4 is 5.56 Å². The molecule has 0 aromatic carbocycles. The van der Waals surface area contributed by atoms with Crippen molar-refractivity contribution in [2.75, 3.05) is 13.1 Å². The summed E-state index contributed by atoms with van der Waals surface area (Å²) in [7, 11) is 0. The van der Waals surface area contributed by atoms with E-state index in [2.05, 4.69) is 4.98 Å². The Bertz CT molecular complexity index is 695. The van der Waals surface area contributed by atoms with Crippen LogP contribution in [0.5, 0.6) is 0 Å². The molecule has 2 rings (SSSR count). The van der Waals surface area contributed by atoms with Gasteiger partial charge >= 0.3 is 0 Å². The van der Waals surface area contributed by atoms with Crippen LogP contribution in [0.15, 0.2) is 15.5 Å². The first kappa shape index (κ1) is 14.3. The molecule has 0 saturated heterocycles. The summed E-state index contributed by atoms with van der Waals surface area (Å²) in [6.07, 6.45) is 1.37. The summed E-state index contributed by atoms with van der Waals surface area (Å²) >= 11 is 0. The highest BCUT2D eigenvalue weighted by Gasteiger charge is 2.16. The van der Waals surface area contributed by atoms with Crippen molar-refractivity contribution in [3.63, 3.8) is 0 Å². The molecule has 108 valence electrons. The Balaban J connectivity index is 2.41. The Morgan fingerprint density at radius 2 is 2.00 bits per heavy atom. The highest BCUT2D eigenvalue weighted by Crippen LogP contribution is 2.18. The van der Waals surface area contributed by atoms with Gasteiger partial charge in [-0.15, -0.1) is 0 Å². The normalized spacial score (nSPS) is 11.0. The molecule has 0 radical (unpaired) electrons. The number of rotatable bonds is 4. The van der Waals surface area contributed by atoms with E-state index < -0.39 is 0 Å². The number of carbonyl (C=O) groups excluding carboxylic acids is 1. The molecule has 2 aromatic rings. The monoisotopic (exact) mass is 277 g/mol. The van der Waals surface area contributed by atoms with Gasteiger partial charge in [0.05, 0.1) is 0 Å². The Labute approximate surface area is 117 Å². The van der Waals surface area contributed by atoms with Gasteiger partial charge in [-0.05, 0) is 27.7 Å². The first-order valence-electron chi connectivity index (χ1n) is 6.72. The fourth-order valence-corrected chi connectivity index (χ4v) is 2.20. The van der Waals surface area contributed by atoms with Crippen LogP contribution in [0.2, 0.25) is 0 Å². The molecule has 2 aromatic heterocycles. The molecule has 0 N–H and O–H groups in total. The van der Waals surface area contributed by atoms with Gasteiger partial charge in [0.2, 0.25) is 11.6 Å². The van der Waals surface area contributed by atoms with E-state index >= 15 is 0 Å². The first-order valence-corrected chi connectivity index (χ1v) is 6.72. The number of aromatic nitrogens is 2. The summed E-state index contributed by atoms with van der Waals surface area (Å²) < 4.78 is 6.75. The van der Waals surface area contributed by atoms with E-state index in [0.717, 1.165) is 5.56 Å². The second kappa shape index (κ2) is 5.48. The summed E-state index contributed by atoms with van der Waals surface area (Å²) in [5.41, 5.74) is 0.878. The van der Waals surface area contributed by atoms with Gasteiger partial charge in [-0.25, -0.2) is 4.98 Å². The van der Waals surface area contributed by atoms with E-state index in [1.807, 2.05) is 20.8 Å². The fraction of sp³-hybridized carbons (Fsp3) is 0.500. The minimum atomic E-state index is -0.232. The largest absolute Gasteiger partial charge is 0.443 e. The minimum absolute atomic E-state index is 0.00706. The predicted molar refractivity (Wildman–Crippen MR) is 75.7 cm³/mol. The van der Waals surface area contributed by atoms with Crippen LogP contribution in [0.1, 0.15) is 25.2 Å². The van der Waals surface area contributed by atoms with Crippen LogP contribution in [0.4, 0.5) is 0 Å². The molecule has 20 heavy (non-hydrogen) atoms. The molecule has 0 saturated carbocycles. The van der Waals surface area contributed by atoms with Gasteiger partial charge in [-0.2, -0.15) is 0 Å². The maximum absolute atomic E-state index is 12.4. The smallest absolute Gasteiger partial charge is 0.265 e. The average molecular weight is 277 g/mol. The van der Waals surface area contributed by atoms with E-state index in [9.17, 15) is 9.59 Å².